The molecule has 1 fully saturated rings. The molecule has 0 radical (unpaired) electrons. The molecule has 0 aliphatic heterocycles. The van der Waals surface area contributed by atoms with E-state index in [1.165, 1.54) is 18.2 Å². The van der Waals surface area contributed by atoms with Crippen molar-refractivity contribution in [3.8, 4) is 11.5 Å². The van der Waals surface area contributed by atoms with Gasteiger partial charge in [-0.05, 0) is 43.5 Å². The summed E-state index contributed by atoms with van der Waals surface area (Å²) in [7, 11) is 0. The van der Waals surface area contributed by atoms with Gasteiger partial charge in [-0.15, -0.1) is 0 Å². The Morgan fingerprint density at radius 3 is 2.56 bits per heavy atom. The number of carboxylic acid groups (broad SMARTS) is 1. The minimum Gasteiger partial charge on any atom is -0.481 e. The molecule has 5 nitrogen and oxygen atoms in total. The van der Waals surface area contributed by atoms with Gasteiger partial charge in [-0.2, -0.15) is 0 Å². The molecular formula is C19H18FNO4. The maximum Gasteiger partial charge on any atom is 0.306 e. The Bertz CT molecular complexity index is 792. The minimum atomic E-state index is -0.856. The van der Waals surface area contributed by atoms with Gasteiger partial charge in [0.05, 0.1) is 11.6 Å². The monoisotopic (exact) mass is 343 g/mol. The van der Waals surface area contributed by atoms with Crippen LogP contribution in [-0.2, 0) is 9.59 Å². The van der Waals surface area contributed by atoms with E-state index in [0.29, 0.717) is 36.4 Å². The number of hydrogen-bond donors (Lipinski definition) is 2. The fourth-order valence-corrected chi connectivity index (χ4v) is 3.00. The number of ether oxygens (including phenoxy) is 1. The molecule has 2 N–H and O–H groups in total. The largest absolute Gasteiger partial charge is 0.481 e. The van der Waals surface area contributed by atoms with E-state index >= 15 is 0 Å². The molecule has 1 aliphatic rings. The maximum atomic E-state index is 13.3. The Labute approximate surface area is 144 Å². The number of aliphatic carboxylic acids is 1. The van der Waals surface area contributed by atoms with Crippen LogP contribution < -0.4 is 10.1 Å². The Hall–Kier alpha value is -2.89. The molecule has 1 saturated carbocycles. The average molecular weight is 343 g/mol. The number of hydrogen-bond acceptors (Lipinski definition) is 3. The molecular weight excluding hydrogens is 325 g/mol. The number of nitrogens with one attached hydrogen (secondary N) is 1. The Morgan fingerprint density at radius 2 is 1.84 bits per heavy atom. The summed E-state index contributed by atoms with van der Waals surface area (Å²) in [6, 6.07) is 12.6. The van der Waals surface area contributed by atoms with Crippen molar-refractivity contribution in [1.29, 1.82) is 0 Å². The van der Waals surface area contributed by atoms with Crippen LogP contribution in [0.25, 0.3) is 0 Å². The summed E-state index contributed by atoms with van der Waals surface area (Å²) in [5, 5.41) is 11.8. The molecule has 0 spiro atoms. The van der Waals surface area contributed by atoms with Crippen molar-refractivity contribution in [2.75, 3.05) is 5.32 Å². The first-order valence-electron chi connectivity index (χ1n) is 8.09. The standard InChI is InChI=1S/C19H18FNO4/c20-14-4-3-5-15(11-14)25-17-7-2-1-6-16(17)21-18(22)12-8-9-13(10-12)19(23)24/h1-7,11-13H,8-10H2,(H,21,22)(H,23,24)/t12-,13+/m0/s1. The molecule has 1 aliphatic carbocycles. The lowest BCUT2D eigenvalue weighted by Crippen LogP contribution is -2.22. The van der Waals surface area contributed by atoms with Gasteiger partial charge in [0.2, 0.25) is 5.91 Å². The Morgan fingerprint density at radius 1 is 1.08 bits per heavy atom. The number of para-hydroxylation sites is 2. The van der Waals surface area contributed by atoms with Gasteiger partial charge in [-0.3, -0.25) is 9.59 Å². The molecule has 2 atom stereocenters. The van der Waals surface area contributed by atoms with Crippen molar-refractivity contribution in [2.45, 2.75) is 19.3 Å². The van der Waals surface area contributed by atoms with E-state index in [1.807, 2.05) is 0 Å². The van der Waals surface area contributed by atoms with Crippen molar-refractivity contribution >= 4 is 17.6 Å². The molecule has 0 aromatic heterocycles. The maximum absolute atomic E-state index is 13.3. The van der Waals surface area contributed by atoms with Crippen LogP contribution in [0.4, 0.5) is 10.1 Å². The van der Waals surface area contributed by atoms with Crippen molar-refractivity contribution in [2.24, 2.45) is 11.8 Å². The highest BCUT2D eigenvalue weighted by atomic mass is 19.1. The highest BCUT2D eigenvalue weighted by Gasteiger charge is 2.34. The summed E-state index contributed by atoms with van der Waals surface area (Å²) in [6.45, 7) is 0. The van der Waals surface area contributed by atoms with Crippen molar-refractivity contribution in [1.82, 2.24) is 0 Å². The van der Waals surface area contributed by atoms with Gasteiger partial charge in [0.1, 0.15) is 11.6 Å². The normalized spacial score (nSPS) is 19.4. The van der Waals surface area contributed by atoms with Crippen LogP contribution >= 0.6 is 0 Å². The number of halogens is 1. The van der Waals surface area contributed by atoms with Crippen LogP contribution in [0.5, 0.6) is 11.5 Å². The molecule has 25 heavy (non-hydrogen) atoms. The summed E-state index contributed by atoms with van der Waals surface area (Å²) in [6.07, 6.45) is 1.40. The van der Waals surface area contributed by atoms with Crippen LogP contribution in [0.15, 0.2) is 48.5 Å². The van der Waals surface area contributed by atoms with Gasteiger partial charge in [-0.1, -0.05) is 18.2 Å². The number of anilines is 1. The topological polar surface area (TPSA) is 75.6 Å². The summed E-state index contributed by atoms with van der Waals surface area (Å²) in [4.78, 5) is 23.5. The SMILES string of the molecule is O=C(O)[C@@H]1CC[C@H](C(=O)Nc2ccccc2Oc2cccc(F)c2)C1. The molecule has 130 valence electrons. The highest BCUT2D eigenvalue weighted by molar-refractivity contribution is 5.94. The van der Waals surface area contributed by atoms with E-state index in [9.17, 15) is 14.0 Å². The third-order valence-electron chi connectivity index (χ3n) is 4.32. The zero-order valence-corrected chi connectivity index (χ0v) is 13.4. The molecule has 0 bridgehead atoms. The Kier molecular flexibility index (Phi) is 4.97. The summed E-state index contributed by atoms with van der Waals surface area (Å²) in [5.41, 5.74) is 0.468. The fraction of sp³-hybridized carbons (Fsp3) is 0.263. The van der Waals surface area contributed by atoms with Gasteiger partial charge in [0.15, 0.2) is 5.75 Å². The zero-order chi connectivity index (χ0) is 17.8. The number of carbonyl (C=O) groups is 2. The Balaban J connectivity index is 1.71. The molecule has 3 rings (SSSR count). The number of carbonyl (C=O) groups excluding carboxylic acids is 1. The van der Waals surface area contributed by atoms with E-state index in [0.717, 1.165) is 0 Å². The summed E-state index contributed by atoms with van der Waals surface area (Å²) in [5.74, 6) is -1.56. The first-order chi connectivity index (χ1) is 12.0. The van der Waals surface area contributed by atoms with Crippen LogP contribution in [-0.4, -0.2) is 17.0 Å². The van der Waals surface area contributed by atoms with Crippen LogP contribution in [0.1, 0.15) is 19.3 Å². The molecule has 6 heteroatoms. The lowest BCUT2D eigenvalue weighted by Gasteiger charge is -2.15. The van der Waals surface area contributed by atoms with Gasteiger partial charge in [-0.25, -0.2) is 4.39 Å². The summed E-state index contributed by atoms with van der Waals surface area (Å²) >= 11 is 0. The van der Waals surface area contributed by atoms with Gasteiger partial charge in [0.25, 0.3) is 0 Å². The third kappa shape index (κ3) is 4.15. The minimum absolute atomic E-state index is 0.223. The van der Waals surface area contributed by atoms with Gasteiger partial charge in [0, 0.05) is 12.0 Å². The smallest absolute Gasteiger partial charge is 0.306 e. The van der Waals surface area contributed by atoms with E-state index in [4.69, 9.17) is 9.84 Å². The van der Waals surface area contributed by atoms with E-state index in [2.05, 4.69) is 5.32 Å². The predicted molar refractivity (Wildman–Crippen MR) is 90.0 cm³/mol. The third-order valence-corrected chi connectivity index (χ3v) is 4.32. The summed E-state index contributed by atoms with van der Waals surface area (Å²) < 4.78 is 19.0. The van der Waals surface area contributed by atoms with E-state index < -0.39 is 17.7 Å². The van der Waals surface area contributed by atoms with Crippen molar-refractivity contribution < 1.29 is 23.8 Å². The van der Waals surface area contributed by atoms with Crippen LogP contribution in [0, 0.1) is 17.7 Å². The van der Waals surface area contributed by atoms with Gasteiger partial charge >= 0.3 is 5.97 Å². The predicted octanol–water partition coefficient (Wildman–Crippen LogP) is 4.06. The van der Waals surface area contributed by atoms with E-state index in [-0.39, 0.29) is 11.8 Å². The van der Waals surface area contributed by atoms with E-state index in [1.54, 1.807) is 30.3 Å². The quantitative estimate of drug-likeness (QED) is 0.858. The van der Waals surface area contributed by atoms with Gasteiger partial charge < -0.3 is 15.2 Å². The first-order valence-corrected chi connectivity index (χ1v) is 8.09. The fourth-order valence-electron chi connectivity index (χ4n) is 3.00. The first kappa shape index (κ1) is 17.0. The molecule has 2 aromatic rings. The highest BCUT2D eigenvalue weighted by Crippen LogP contribution is 2.34. The second kappa shape index (κ2) is 7.34. The lowest BCUT2D eigenvalue weighted by molar-refractivity contribution is -0.141. The molecule has 2 aromatic carbocycles. The van der Waals surface area contributed by atoms with Crippen LogP contribution in [0.2, 0.25) is 0 Å². The molecule has 0 unspecified atom stereocenters. The number of amides is 1. The molecule has 0 saturated heterocycles. The van der Waals surface area contributed by atoms with Crippen molar-refractivity contribution in [3.63, 3.8) is 0 Å². The van der Waals surface area contributed by atoms with Crippen molar-refractivity contribution in [3.05, 3.63) is 54.3 Å². The molecule has 1 amide bonds. The van der Waals surface area contributed by atoms with Crippen LogP contribution in [0.3, 0.4) is 0 Å². The second-order valence-electron chi connectivity index (χ2n) is 6.09. The average Bonchev–Trinajstić information content (AvgIpc) is 3.07. The lowest BCUT2D eigenvalue weighted by atomic mass is 10.0. The molecule has 0 heterocycles. The number of benzene rings is 2. The number of rotatable bonds is 5. The number of carboxylic acids is 1. The zero-order valence-electron chi connectivity index (χ0n) is 13.4. The second-order valence-corrected chi connectivity index (χ2v) is 6.09.